The van der Waals surface area contributed by atoms with E-state index in [9.17, 15) is 19.5 Å². The first-order valence-corrected chi connectivity index (χ1v) is 12.4. The zero-order chi connectivity index (χ0) is 27.4. The summed E-state index contributed by atoms with van der Waals surface area (Å²) in [5.74, 6) is -1.08. The number of hydrogen-bond donors (Lipinski definition) is 3. The van der Waals surface area contributed by atoms with Crippen molar-refractivity contribution >= 4 is 17.9 Å². The maximum Gasteiger partial charge on any atom is 0.408 e. The number of hydrogen-bond acceptors (Lipinski definition) is 5. The number of rotatable bonds is 11. The number of benzene rings is 2. The molecule has 2 atom stereocenters. The smallest absolute Gasteiger partial charge is 0.408 e. The third-order valence-electron chi connectivity index (χ3n) is 5.44. The molecule has 0 fully saturated rings. The van der Waals surface area contributed by atoms with Crippen LogP contribution in [-0.2, 0) is 20.7 Å². The van der Waals surface area contributed by atoms with Gasteiger partial charge in [-0.25, -0.2) is 4.79 Å². The van der Waals surface area contributed by atoms with Gasteiger partial charge in [-0.05, 0) is 50.5 Å². The minimum absolute atomic E-state index is 0.0120. The van der Waals surface area contributed by atoms with Crippen LogP contribution in [0.15, 0.2) is 54.6 Å². The van der Waals surface area contributed by atoms with Crippen LogP contribution < -0.4 is 10.6 Å². The van der Waals surface area contributed by atoms with Gasteiger partial charge in [-0.1, -0.05) is 68.7 Å². The Morgan fingerprint density at radius 2 is 1.70 bits per heavy atom. The number of nitrogens with one attached hydrogen (secondary N) is 2. The summed E-state index contributed by atoms with van der Waals surface area (Å²) in [6.45, 7) is 7.65. The normalized spacial score (nSPS) is 12.5. The van der Waals surface area contributed by atoms with Crippen molar-refractivity contribution in [3.8, 4) is 18.2 Å². The number of ether oxygens (including phenoxy) is 1. The summed E-state index contributed by atoms with van der Waals surface area (Å²) >= 11 is 0. The molecule has 198 valence electrons. The van der Waals surface area contributed by atoms with Gasteiger partial charge in [0.25, 0.3) is 5.91 Å². The summed E-state index contributed by atoms with van der Waals surface area (Å²) in [5, 5.41) is 15.2. The molecule has 3 amide bonds. The molecule has 0 aliphatic rings. The Balaban J connectivity index is 2.40. The molecule has 8 nitrogen and oxygen atoms in total. The molecule has 2 rings (SSSR count). The quantitative estimate of drug-likeness (QED) is 0.239. The lowest BCUT2D eigenvalue weighted by Crippen LogP contribution is -2.52. The maximum atomic E-state index is 13.8. The second kappa shape index (κ2) is 13.9. The fourth-order valence-corrected chi connectivity index (χ4v) is 3.69. The highest BCUT2D eigenvalue weighted by molar-refractivity contribution is 5.93. The van der Waals surface area contributed by atoms with Crippen LogP contribution in [0.1, 0.15) is 64.1 Å². The van der Waals surface area contributed by atoms with Gasteiger partial charge in [0.15, 0.2) is 0 Å². The molecular formula is C29H37N3O5. The minimum Gasteiger partial charge on any atom is -0.508 e. The lowest BCUT2D eigenvalue weighted by Gasteiger charge is -2.30. The number of terminal acetylenes is 1. The highest BCUT2D eigenvalue weighted by Crippen LogP contribution is 2.24. The number of unbranched alkanes of at least 4 members (excludes halogenated alkanes) is 2. The van der Waals surface area contributed by atoms with Gasteiger partial charge >= 0.3 is 6.09 Å². The molecule has 0 saturated heterocycles. The van der Waals surface area contributed by atoms with Crippen LogP contribution in [0.4, 0.5) is 4.79 Å². The van der Waals surface area contributed by atoms with Crippen molar-refractivity contribution in [3.05, 3.63) is 65.7 Å². The van der Waals surface area contributed by atoms with Crippen molar-refractivity contribution < 1.29 is 24.2 Å². The van der Waals surface area contributed by atoms with Gasteiger partial charge in [0.1, 0.15) is 23.4 Å². The van der Waals surface area contributed by atoms with E-state index in [0.717, 1.165) is 29.7 Å². The molecule has 0 heterocycles. The van der Waals surface area contributed by atoms with Crippen molar-refractivity contribution in [1.82, 2.24) is 15.5 Å². The zero-order valence-electron chi connectivity index (χ0n) is 22.0. The van der Waals surface area contributed by atoms with Crippen molar-refractivity contribution in [2.45, 2.75) is 71.1 Å². The lowest BCUT2D eigenvalue weighted by atomic mass is 10.0. The van der Waals surface area contributed by atoms with E-state index in [1.807, 2.05) is 30.3 Å². The maximum absolute atomic E-state index is 13.8. The van der Waals surface area contributed by atoms with Gasteiger partial charge in [-0.3, -0.25) is 14.5 Å². The molecule has 0 aliphatic heterocycles. The molecule has 37 heavy (non-hydrogen) atoms. The molecule has 2 unspecified atom stereocenters. The highest BCUT2D eigenvalue weighted by Gasteiger charge is 2.36. The Hall–Kier alpha value is -3.99. The largest absolute Gasteiger partial charge is 0.508 e. The number of carbonyl (C=O) groups is 3. The Kier molecular flexibility index (Phi) is 11.0. The summed E-state index contributed by atoms with van der Waals surface area (Å²) in [7, 11) is 0. The molecule has 0 spiro atoms. The van der Waals surface area contributed by atoms with Crippen LogP contribution in [0.25, 0.3) is 0 Å². The molecule has 2 aromatic carbocycles. The van der Waals surface area contributed by atoms with Gasteiger partial charge in [0, 0.05) is 19.0 Å². The van der Waals surface area contributed by atoms with E-state index in [1.165, 1.54) is 24.3 Å². The van der Waals surface area contributed by atoms with Crippen LogP contribution >= 0.6 is 0 Å². The average molecular weight is 508 g/mol. The van der Waals surface area contributed by atoms with Crippen LogP contribution in [0.3, 0.4) is 0 Å². The number of phenols is 1. The Labute approximate surface area is 219 Å². The lowest BCUT2D eigenvalue weighted by molar-refractivity contribution is -0.138. The van der Waals surface area contributed by atoms with Crippen LogP contribution in [0.2, 0.25) is 0 Å². The summed E-state index contributed by atoms with van der Waals surface area (Å²) in [4.78, 5) is 40.8. The molecule has 2 aromatic rings. The SMILES string of the molecule is C#CN(C(=O)C(Cc1ccccc1)NC(=O)OC(C)(C)C)C(C(=O)NCCCCC)c1ccc(O)cc1. The van der Waals surface area contributed by atoms with Crippen LogP contribution in [0.5, 0.6) is 5.75 Å². The van der Waals surface area contributed by atoms with E-state index in [-0.39, 0.29) is 12.2 Å². The van der Waals surface area contributed by atoms with Gasteiger partial charge in [0.05, 0.1) is 0 Å². The average Bonchev–Trinajstić information content (AvgIpc) is 2.84. The number of amides is 3. The number of carbonyl (C=O) groups excluding carboxylic acids is 3. The highest BCUT2D eigenvalue weighted by atomic mass is 16.6. The summed E-state index contributed by atoms with van der Waals surface area (Å²) in [5.41, 5.74) is 0.440. The van der Waals surface area contributed by atoms with Crippen molar-refractivity contribution in [2.24, 2.45) is 0 Å². The molecule has 3 N–H and O–H groups in total. The number of alkyl carbamates (subject to hydrolysis) is 1. The van der Waals surface area contributed by atoms with E-state index in [0.29, 0.717) is 12.1 Å². The number of phenolic OH excluding ortho intramolecular Hbond substituents is 1. The zero-order valence-corrected chi connectivity index (χ0v) is 22.0. The van der Waals surface area contributed by atoms with E-state index < -0.39 is 35.6 Å². The van der Waals surface area contributed by atoms with Crippen molar-refractivity contribution in [3.63, 3.8) is 0 Å². The first-order chi connectivity index (χ1) is 17.6. The second-order valence-corrected chi connectivity index (χ2v) is 9.72. The van der Waals surface area contributed by atoms with Crippen LogP contribution in [0, 0.1) is 12.5 Å². The Morgan fingerprint density at radius 3 is 2.27 bits per heavy atom. The van der Waals surface area contributed by atoms with E-state index in [4.69, 9.17) is 11.2 Å². The van der Waals surface area contributed by atoms with Crippen LogP contribution in [-0.4, -0.2) is 46.1 Å². The first kappa shape index (κ1) is 29.2. The summed E-state index contributed by atoms with van der Waals surface area (Å²) in [6, 6.07) is 15.2. The molecular weight excluding hydrogens is 470 g/mol. The number of nitrogens with zero attached hydrogens (tertiary/aromatic N) is 1. The van der Waals surface area contributed by atoms with Gasteiger partial charge in [-0.2, -0.15) is 0 Å². The molecule has 0 bridgehead atoms. The fourth-order valence-electron chi connectivity index (χ4n) is 3.69. The summed E-state index contributed by atoms with van der Waals surface area (Å²) < 4.78 is 5.37. The first-order valence-electron chi connectivity index (χ1n) is 12.4. The van der Waals surface area contributed by atoms with Gasteiger partial charge in [0.2, 0.25) is 5.91 Å². The topological polar surface area (TPSA) is 108 Å². The van der Waals surface area contributed by atoms with E-state index >= 15 is 0 Å². The molecule has 0 radical (unpaired) electrons. The summed E-state index contributed by atoms with van der Waals surface area (Å²) in [6.07, 6.45) is 7.88. The predicted molar refractivity (Wildman–Crippen MR) is 142 cm³/mol. The van der Waals surface area contributed by atoms with Gasteiger partial charge < -0.3 is 20.5 Å². The second-order valence-electron chi connectivity index (χ2n) is 9.72. The Morgan fingerprint density at radius 1 is 1.05 bits per heavy atom. The minimum atomic E-state index is -1.17. The van der Waals surface area contributed by atoms with E-state index in [2.05, 4.69) is 23.6 Å². The fraction of sp³-hybridized carbons (Fsp3) is 0.414. The third kappa shape index (κ3) is 9.53. The molecule has 8 heteroatoms. The Bertz CT molecular complexity index is 1070. The number of aromatic hydroxyl groups is 1. The molecule has 0 aromatic heterocycles. The predicted octanol–water partition coefficient (Wildman–Crippen LogP) is 4.30. The van der Waals surface area contributed by atoms with Crippen molar-refractivity contribution in [2.75, 3.05) is 6.54 Å². The monoisotopic (exact) mass is 507 g/mol. The third-order valence-corrected chi connectivity index (χ3v) is 5.44. The molecule has 0 saturated carbocycles. The van der Waals surface area contributed by atoms with Crippen molar-refractivity contribution in [1.29, 1.82) is 0 Å². The molecule has 0 aliphatic carbocycles. The van der Waals surface area contributed by atoms with Gasteiger partial charge in [-0.15, -0.1) is 0 Å². The standard InChI is InChI=1S/C29H37N3O5/c1-6-8-12-19-30-26(34)25(22-15-17-23(33)18-16-22)32(7-2)27(35)24(20-21-13-10-9-11-14-21)31-28(36)37-29(3,4)5/h2,9-11,13-18,24-25,33H,6,8,12,19-20H2,1,3-5H3,(H,30,34)(H,31,36). The van der Waals surface area contributed by atoms with E-state index in [1.54, 1.807) is 20.8 Å².